The van der Waals surface area contributed by atoms with Crippen molar-refractivity contribution in [3.05, 3.63) is 58.1 Å². The van der Waals surface area contributed by atoms with Gasteiger partial charge in [-0.05, 0) is 79.0 Å². The van der Waals surface area contributed by atoms with Gasteiger partial charge < -0.3 is 10.6 Å². The van der Waals surface area contributed by atoms with Crippen LogP contribution < -0.4 is 10.6 Å². The molecule has 0 unspecified atom stereocenters. The second-order valence-electron chi connectivity index (χ2n) is 6.39. The standard InChI is InChI=1S/C19H21BrN2O2/c1-12-9-13(2)11-14(10-12)21-17(23)19(3,4)18(24)22-16-8-6-5-7-15(16)20/h5-11H,1-4H3,(H,21,23)(H,22,24). The third-order valence-electron chi connectivity index (χ3n) is 3.74. The van der Waals surface area contributed by atoms with Crippen LogP contribution in [0.2, 0.25) is 0 Å². The molecule has 2 aromatic rings. The van der Waals surface area contributed by atoms with Gasteiger partial charge in [0.1, 0.15) is 5.41 Å². The Balaban J connectivity index is 2.14. The average Bonchev–Trinajstić information content (AvgIpc) is 2.48. The van der Waals surface area contributed by atoms with Crippen LogP contribution in [-0.4, -0.2) is 11.8 Å². The lowest BCUT2D eigenvalue weighted by Gasteiger charge is -2.23. The molecule has 24 heavy (non-hydrogen) atoms. The number of hydrogen-bond acceptors (Lipinski definition) is 2. The van der Waals surface area contributed by atoms with Crippen LogP contribution in [0.3, 0.4) is 0 Å². The molecule has 0 radical (unpaired) electrons. The fraction of sp³-hybridized carbons (Fsp3) is 0.263. The first-order valence-electron chi connectivity index (χ1n) is 7.66. The number of benzene rings is 2. The summed E-state index contributed by atoms with van der Waals surface area (Å²) in [7, 11) is 0. The topological polar surface area (TPSA) is 58.2 Å². The van der Waals surface area contributed by atoms with Gasteiger partial charge >= 0.3 is 0 Å². The molecule has 0 atom stereocenters. The maximum absolute atomic E-state index is 12.6. The maximum Gasteiger partial charge on any atom is 0.239 e. The molecule has 0 aliphatic carbocycles. The van der Waals surface area contributed by atoms with Crippen molar-refractivity contribution in [1.82, 2.24) is 0 Å². The molecule has 0 spiro atoms. The Labute approximate surface area is 150 Å². The number of anilines is 2. The number of carbonyl (C=O) groups is 2. The lowest BCUT2D eigenvalue weighted by Crippen LogP contribution is -2.41. The second kappa shape index (κ2) is 7.18. The molecule has 2 rings (SSSR count). The molecule has 0 heterocycles. The molecule has 4 nitrogen and oxygen atoms in total. The first kappa shape index (κ1) is 18.2. The van der Waals surface area contributed by atoms with Crippen LogP contribution in [0.5, 0.6) is 0 Å². The first-order chi connectivity index (χ1) is 11.2. The highest BCUT2D eigenvalue weighted by molar-refractivity contribution is 9.10. The largest absolute Gasteiger partial charge is 0.325 e. The van der Waals surface area contributed by atoms with E-state index in [0.29, 0.717) is 11.4 Å². The van der Waals surface area contributed by atoms with E-state index in [9.17, 15) is 9.59 Å². The number of rotatable bonds is 4. The van der Waals surface area contributed by atoms with Crippen LogP contribution in [-0.2, 0) is 9.59 Å². The highest BCUT2D eigenvalue weighted by Crippen LogP contribution is 2.26. The predicted octanol–water partition coefficient (Wildman–Crippen LogP) is 4.67. The van der Waals surface area contributed by atoms with Crippen molar-refractivity contribution in [3.8, 4) is 0 Å². The summed E-state index contributed by atoms with van der Waals surface area (Å²) < 4.78 is 0.767. The first-order valence-corrected chi connectivity index (χ1v) is 8.45. The Morgan fingerprint density at radius 1 is 0.917 bits per heavy atom. The van der Waals surface area contributed by atoms with Crippen molar-refractivity contribution >= 4 is 39.1 Å². The number of aryl methyl sites for hydroxylation is 2. The Kier molecular flexibility index (Phi) is 5.44. The van der Waals surface area contributed by atoms with Crippen molar-refractivity contribution in [1.29, 1.82) is 0 Å². The lowest BCUT2D eigenvalue weighted by molar-refractivity contribution is -0.135. The minimum absolute atomic E-state index is 0.350. The fourth-order valence-corrected chi connectivity index (χ4v) is 2.66. The molecule has 0 aromatic heterocycles. The van der Waals surface area contributed by atoms with E-state index in [-0.39, 0.29) is 11.8 Å². The van der Waals surface area contributed by atoms with E-state index < -0.39 is 5.41 Å². The van der Waals surface area contributed by atoms with Crippen LogP contribution in [0.1, 0.15) is 25.0 Å². The molecule has 0 aliphatic heterocycles. The van der Waals surface area contributed by atoms with Crippen molar-refractivity contribution in [2.45, 2.75) is 27.7 Å². The third kappa shape index (κ3) is 4.23. The van der Waals surface area contributed by atoms with Crippen molar-refractivity contribution in [3.63, 3.8) is 0 Å². The smallest absolute Gasteiger partial charge is 0.239 e. The number of para-hydroxylation sites is 1. The summed E-state index contributed by atoms with van der Waals surface area (Å²) in [5, 5.41) is 5.63. The van der Waals surface area contributed by atoms with Gasteiger partial charge in [0.05, 0.1) is 5.69 Å². The van der Waals surface area contributed by atoms with Crippen LogP contribution in [0, 0.1) is 19.3 Å². The number of halogens is 1. The summed E-state index contributed by atoms with van der Waals surface area (Å²) in [5.74, 6) is -0.715. The van der Waals surface area contributed by atoms with E-state index in [4.69, 9.17) is 0 Å². The fourth-order valence-electron chi connectivity index (χ4n) is 2.28. The van der Waals surface area contributed by atoms with Gasteiger partial charge in [0, 0.05) is 10.2 Å². The van der Waals surface area contributed by atoms with Crippen molar-refractivity contribution in [2.75, 3.05) is 10.6 Å². The highest BCUT2D eigenvalue weighted by Gasteiger charge is 2.36. The Bertz CT molecular complexity index is 764. The summed E-state index contributed by atoms with van der Waals surface area (Å²) in [6.07, 6.45) is 0. The molecular weight excluding hydrogens is 368 g/mol. The van der Waals surface area contributed by atoms with E-state index in [1.807, 2.05) is 50.2 Å². The lowest BCUT2D eigenvalue weighted by atomic mass is 9.90. The van der Waals surface area contributed by atoms with Gasteiger partial charge in [-0.25, -0.2) is 0 Å². The Hall–Kier alpha value is -2.14. The minimum atomic E-state index is -1.22. The summed E-state index contributed by atoms with van der Waals surface area (Å²) in [4.78, 5) is 25.1. The molecule has 0 fully saturated rings. The van der Waals surface area contributed by atoms with Crippen LogP contribution in [0.4, 0.5) is 11.4 Å². The summed E-state index contributed by atoms with van der Waals surface area (Å²) >= 11 is 3.38. The van der Waals surface area contributed by atoms with E-state index in [1.54, 1.807) is 19.9 Å². The number of nitrogens with one attached hydrogen (secondary N) is 2. The van der Waals surface area contributed by atoms with Crippen LogP contribution >= 0.6 is 15.9 Å². The number of hydrogen-bond donors (Lipinski definition) is 2. The molecule has 126 valence electrons. The van der Waals surface area contributed by atoms with Gasteiger partial charge in [-0.2, -0.15) is 0 Å². The molecule has 5 heteroatoms. The van der Waals surface area contributed by atoms with Crippen molar-refractivity contribution in [2.24, 2.45) is 5.41 Å². The average molecular weight is 389 g/mol. The molecular formula is C19H21BrN2O2. The van der Waals surface area contributed by atoms with Crippen LogP contribution in [0.15, 0.2) is 46.9 Å². The van der Waals surface area contributed by atoms with Gasteiger partial charge in [-0.1, -0.05) is 18.2 Å². The van der Waals surface area contributed by atoms with E-state index in [0.717, 1.165) is 15.6 Å². The molecule has 2 amide bonds. The monoisotopic (exact) mass is 388 g/mol. The molecule has 0 bridgehead atoms. The van der Waals surface area contributed by atoms with Gasteiger partial charge in [0.15, 0.2) is 0 Å². The molecule has 2 N–H and O–H groups in total. The quantitative estimate of drug-likeness (QED) is 0.747. The second-order valence-corrected chi connectivity index (χ2v) is 7.24. The van der Waals surface area contributed by atoms with Gasteiger partial charge in [-0.15, -0.1) is 0 Å². The summed E-state index contributed by atoms with van der Waals surface area (Å²) in [6.45, 7) is 7.15. The van der Waals surface area contributed by atoms with E-state index in [2.05, 4.69) is 26.6 Å². The normalized spacial score (nSPS) is 11.0. The summed E-state index contributed by atoms with van der Waals surface area (Å²) in [6, 6.07) is 13.1. The molecule has 0 aliphatic rings. The van der Waals surface area contributed by atoms with Gasteiger partial charge in [0.25, 0.3) is 0 Å². The molecule has 0 saturated heterocycles. The predicted molar refractivity (Wildman–Crippen MR) is 101 cm³/mol. The van der Waals surface area contributed by atoms with Crippen molar-refractivity contribution < 1.29 is 9.59 Å². The maximum atomic E-state index is 12.6. The van der Waals surface area contributed by atoms with Crippen LogP contribution in [0.25, 0.3) is 0 Å². The molecule has 0 saturated carbocycles. The number of carbonyl (C=O) groups excluding carboxylic acids is 2. The van der Waals surface area contributed by atoms with Gasteiger partial charge in [0.2, 0.25) is 11.8 Å². The van der Waals surface area contributed by atoms with E-state index in [1.165, 1.54) is 0 Å². The highest BCUT2D eigenvalue weighted by atomic mass is 79.9. The summed E-state index contributed by atoms with van der Waals surface area (Å²) in [5.41, 5.74) is 2.23. The zero-order valence-electron chi connectivity index (χ0n) is 14.2. The Morgan fingerprint density at radius 2 is 1.46 bits per heavy atom. The Morgan fingerprint density at radius 3 is 2.04 bits per heavy atom. The SMILES string of the molecule is Cc1cc(C)cc(NC(=O)C(C)(C)C(=O)Nc2ccccc2Br)c1. The molecule has 2 aromatic carbocycles. The van der Waals surface area contributed by atoms with E-state index >= 15 is 0 Å². The zero-order valence-corrected chi connectivity index (χ0v) is 15.8. The minimum Gasteiger partial charge on any atom is -0.325 e. The number of amides is 2. The van der Waals surface area contributed by atoms with Gasteiger partial charge in [-0.3, -0.25) is 9.59 Å². The third-order valence-corrected chi connectivity index (χ3v) is 4.43. The zero-order chi connectivity index (χ0) is 17.9.